The maximum atomic E-state index is 13.6. The third-order valence-corrected chi connectivity index (χ3v) is 7.05. The molecule has 3 aliphatic heterocycles. The average Bonchev–Trinajstić information content (AvgIpc) is 3.54. The van der Waals surface area contributed by atoms with Gasteiger partial charge < -0.3 is 24.4 Å². The lowest BCUT2D eigenvalue weighted by Crippen LogP contribution is -2.48. The van der Waals surface area contributed by atoms with Crippen molar-refractivity contribution >= 4 is 29.3 Å². The van der Waals surface area contributed by atoms with Crippen LogP contribution in [0.25, 0.3) is 0 Å². The zero-order valence-electron chi connectivity index (χ0n) is 22.4. The van der Waals surface area contributed by atoms with E-state index in [9.17, 15) is 9.59 Å². The number of carbonyl (C=O) groups is 2. The van der Waals surface area contributed by atoms with Crippen molar-refractivity contribution in [2.24, 2.45) is 0 Å². The van der Waals surface area contributed by atoms with Crippen molar-refractivity contribution in [1.29, 1.82) is 0 Å². The highest BCUT2D eigenvalue weighted by Crippen LogP contribution is 2.39. The fourth-order valence-corrected chi connectivity index (χ4v) is 5.15. The van der Waals surface area contributed by atoms with Gasteiger partial charge in [-0.25, -0.2) is 14.8 Å². The summed E-state index contributed by atoms with van der Waals surface area (Å²) in [6, 6.07) is 10.2. The third-order valence-electron chi connectivity index (χ3n) is 7.05. The Balaban J connectivity index is 1.15. The van der Waals surface area contributed by atoms with Crippen LogP contribution in [-0.2, 0) is 16.0 Å². The van der Waals surface area contributed by atoms with Crippen molar-refractivity contribution < 1.29 is 23.8 Å². The van der Waals surface area contributed by atoms with Gasteiger partial charge in [0.05, 0.1) is 18.3 Å². The number of ether oxygens (including phenoxy) is 3. The molecule has 12 nitrogen and oxygen atoms in total. The zero-order chi connectivity index (χ0) is 27.7. The van der Waals surface area contributed by atoms with Gasteiger partial charge in [0.15, 0.2) is 11.6 Å². The van der Waals surface area contributed by atoms with Gasteiger partial charge in [-0.3, -0.25) is 20.0 Å². The predicted octanol–water partition coefficient (Wildman–Crippen LogP) is 2.96. The molecule has 3 aliphatic rings. The van der Waals surface area contributed by atoms with E-state index in [0.717, 1.165) is 24.2 Å². The summed E-state index contributed by atoms with van der Waals surface area (Å²) >= 11 is 0. The molecule has 6 rings (SSSR count). The van der Waals surface area contributed by atoms with E-state index >= 15 is 0 Å². The van der Waals surface area contributed by atoms with Crippen molar-refractivity contribution in [3.63, 3.8) is 0 Å². The summed E-state index contributed by atoms with van der Waals surface area (Å²) in [5, 5.41) is 5.76. The van der Waals surface area contributed by atoms with Gasteiger partial charge in [-0.05, 0) is 50.1 Å². The molecule has 0 spiro atoms. The number of hydrogen-bond donors (Lipinski definition) is 2. The molecule has 2 N–H and O–H groups in total. The molecule has 0 aliphatic carbocycles. The smallest absolute Gasteiger partial charge is 0.329 e. The number of urea groups is 1. The normalized spacial score (nSPS) is 20.6. The lowest BCUT2D eigenvalue weighted by molar-refractivity contribution is -0.141. The molecular weight excluding hydrogens is 514 g/mol. The molecule has 12 heteroatoms. The number of amides is 3. The second-order valence-corrected chi connectivity index (χ2v) is 10.4. The molecule has 6 heterocycles. The maximum Gasteiger partial charge on any atom is 0.329 e. The van der Waals surface area contributed by atoms with E-state index in [1.54, 1.807) is 41.7 Å². The Morgan fingerprint density at radius 1 is 1.20 bits per heavy atom. The minimum absolute atomic E-state index is 0.0731. The van der Waals surface area contributed by atoms with Gasteiger partial charge in [0.1, 0.15) is 30.0 Å². The van der Waals surface area contributed by atoms with Crippen LogP contribution in [0.2, 0.25) is 0 Å². The Morgan fingerprint density at radius 3 is 2.90 bits per heavy atom. The number of aromatic nitrogens is 3. The molecule has 3 aromatic rings. The number of nitrogens with one attached hydrogen (secondary N) is 2. The minimum atomic E-state index is -0.625. The number of hydrogen-bond acceptors (Lipinski definition) is 9. The Hall–Kier alpha value is -4.29. The van der Waals surface area contributed by atoms with Gasteiger partial charge in [0, 0.05) is 44.3 Å². The SMILES string of the molecule is CC1(C)OC[C@H](COc2ccnc(NC(=O)N3c4nc(C(=O)NCc5cccnc5)ccc4N4CC[C@H]3C4)c2)O1. The number of rotatable bonds is 7. The molecule has 2 atom stereocenters. The number of pyridine rings is 3. The molecule has 2 fully saturated rings. The Morgan fingerprint density at radius 2 is 2.10 bits per heavy atom. The highest BCUT2D eigenvalue weighted by atomic mass is 16.7. The van der Waals surface area contributed by atoms with E-state index < -0.39 is 5.79 Å². The molecule has 0 saturated carbocycles. The Labute approximate surface area is 231 Å². The predicted molar refractivity (Wildman–Crippen MR) is 146 cm³/mol. The van der Waals surface area contributed by atoms with Crippen molar-refractivity contribution in [2.75, 3.05) is 41.4 Å². The van der Waals surface area contributed by atoms with E-state index in [-0.39, 0.29) is 29.8 Å². The highest BCUT2D eigenvalue weighted by Gasteiger charge is 2.40. The lowest BCUT2D eigenvalue weighted by Gasteiger charge is -2.35. The van der Waals surface area contributed by atoms with Gasteiger partial charge in [0.25, 0.3) is 5.91 Å². The van der Waals surface area contributed by atoms with E-state index in [1.807, 2.05) is 32.0 Å². The van der Waals surface area contributed by atoms with Crippen LogP contribution in [-0.4, -0.2) is 71.1 Å². The highest BCUT2D eigenvalue weighted by molar-refractivity contribution is 6.05. The molecule has 0 unspecified atom stereocenters. The first kappa shape index (κ1) is 26.0. The summed E-state index contributed by atoms with van der Waals surface area (Å²) < 4.78 is 17.2. The molecular formula is C28H31N7O5. The quantitative estimate of drug-likeness (QED) is 0.460. The van der Waals surface area contributed by atoms with Gasteiger partial charge in [-0.15, -0.1) is 0 Å². The fraction of sp³-hybridized carbons (Fsp3) is 0.393. The minimum Gasteiger partial charge on any atom is -0.491 e. The largest absolute Gasteiger partial charge is 0.491 e. The van der Waals surface area contributed by atoms with Crippen LogP contribution in [0.4, 0.5) is 22.1 Å². The summed E-state index contributed by atoms with van der Waals surface area (Å²) in [6.07, 6.45) is 5.56. The first-order chi connectivity index (χ1) is 19.3. The van der Waals surface area contributed by atoms with Gasteiger partial charge in [-0.1, -0.05) is 6.07 Å². The van der Waals surface area contributed by atoms with Crippen molar-refractivity contribution in [3.05, 3.63) is 66.2 Å². The second-order valence-electron chi connectivity index (χ2n) is 10.4. The van der Waals surface area contributed by atoms with Crippen LogP contribution in [0.15, 0.2) is 55.0 Å². The maximum absolute atomic E-state index is 13.6. The number of anilines is 3. The molecule has 0 radical (unpaired) electrons. The fourth-order valence-electron chi connectivity index (χ4n) is 5.15. The van der Waals surface area contributed by atoms with E-state index in [4.69, 9.17) is 14.2 Å². The first-order valence-corrected chi connectivity index (χ1v) is 13.3. The number of nitrogens with zero attached hydrogens (tertiary/aromatic N) is 5. The van der Waals surface area contributed by atoms with Crippen molar-refractivity contribution in [1.82, 2.24) is 20.3 Å². The summed E-state index contributed by atoms with van der Waals surface area (Å²) in [5.41, 5.74) is 1.93. The monoisotopic (exact) mass is 545 g/mol. The molecule has 208 valence electrons. The van der Waals surface area contributed by atoms with Gasteiger partial charge >= 0.3 is 6.03 Å². The summed E-state index contributed by atoms with van der Waals surface area (Å²) in [7, 11) is 0. The van der Waals surface area contributed by atoms with Crippen LogP contribution >= 0.6 is 0 Å². The molecule has 2 bridgehead atoms. The molecule has 0 aromatic carbocycles. The Kier molecular flexibility index (Phi) is 6.95. The topological polar surface area (TPSA) is 131 Å². The molecule has 2 saturated heterocycles. The van der Waals surface area contributed by atoms with Crippen LogP contribution in [0, 0.1) is 0 Å². The van der Waals surface area contributed by atoms with E-state index in [0.29, 0.717) is 43.7 Å². The van der Waals surface area contributed by atoms with Gasteiger partial charge in [0.2, 0.25) is 0 Å². The van der Waals surface area contributed by atoms with E-state index in [2.05, 4.69) is 30.5 Å². The lowest BCUT2D eigenvalue weighted by atomic mass is 10.1. The van der Waals surface area contributed by atoms with Crippen LogP contribution < -0.4 is 25.2 Å². The average molecular weight is 546 g/mol. The Bertz CT molecular complexity index is 1400. The second kappa shape index (κ2) is 10.7. The third kappa shape index (κ3) is 5.54. The summed E-state index contributed by atoms with van der Waals surface area (Å²) in [5.74, 6) is 0.397. The number of carbonyl (C=O) groups excluding carboxylic acids is 2. The number of fused-ring (bicyclic) bond motifs is 4. The van der Waals surface area contributed by atoms with Crippen molar-refractivity contribution in [3.8, 4) is 5.75 Å². The first-order valence-electron chi connectivity index (χ1n) is 13.3. The zero-order valence-corrected chi connectivity index (χ0v) is 22.4. The van der Waals surface area contributed by atoms with Crippen LogP contribution in [0.3, 0.4) is 0 Å². The van der Waals surface area contributed by atoms with Crippen LogP contribution in [0.5, 0.6) is 5.75 Å². The molecule has 40 heavy (non-hydrogen) atoms. The summed E-state index contributed by atoms with van der Waals surface area (Å²) in [6.45, 7) is 6.32. The van der Waals surface area contributed by atoms with Gasteiger partial charge in [-0.2, -0.15) is 0 Å². The molecule has 3 amide bonds. The summed E-state index contributed by atoms with van der Waals surface area (Å²) in [4.78, 5) is 43.3. The van der Waals surface area contributed by atoms with E-state index in [1.165, 1.54) is 0 Å². The van der Waals surface area contributed by atoms with Crippen LogP contribution in [0.1, 0.15) is 36.3 Å². The standard InChI is InChI=1S/C28H31N7O5/c1-28(2)39-17-21(40-28)16-38-20-7-10-30-24(12-20)33-27(37)35-19-8-11-34(15-19)23-6-5-22(32-25(23)35)26(36)31-14-18-4-3-9-29-13-18/h3-7,9-10,12-13,19,21H,8,11,14-17H2,1-2H3,(H,31,36)(H,30,33,37)/t19-,21-/m0/s1. The van der Waals surface area contributed by atoms with Crippen molar-refractivity contribution in [2.45, 2.75) is 44.7 Å². The molecule has 3 aromatic heterocycles.